The number of carboxylic acid groups (broad SMARTS) is 1. The van der Waals surface area contributed by atoms with Gasteiger partial charge in [0.05, 0.1) is 6.54 Å². The first-order chi connectivity index (χ1) is 10.4. The lowest BCUT2D eigenvalue weighted by Gasteiger charge is -2.23. The quantitative estimate of drug-likeness (QED) is 0.772. The van der Waals surface area contributed by atoms with E-state index in [0.717, 1.165) is 12.1 Å². The van der Waals surface area contributed by atoms with E-state index in [1.165, 1.54) is 24.1 Å². The van der Waals surface area contributed by atoms with E-state index in [-0.39, 0.29) is 13.1 Å². The van der Waals surface area contributed by atoms with Crippen molar-refractivity contribution in [2.75, 3.05) is 13.6 Å². The number of carboxylic acids is 1. The summed E-state index contributed by atoms with van der Waals surface area (Å²) in [6.07, 6.45) is -15.3. The summed E-state index contributed by atoms with van der Waals surface area (Å²) in [4.78, 5) is 11.9. The minimum absolute atomic E-state index is 0.164. The Labute approximate surface area is 127 Å². The van der Waals surface area contributed by atoms with Crippen LogP contribution in [0.5, 0.6) is 5.75 Å². The van der Waals surface area contributed by atoms with Crippen molar-refractivity contribution < 1.29 is 41.0 Å². The molecule has 0 fully saturated rings. The summed E-state index contributed by atoms with van der Waals surface area (Å²) in [5.41, 5.74) is 0.511. The lowest BCUT2D eigenvalue weighted by Crippen LogP contribution is -2.45. The number of nitrogens with zero attached hydrogens (tertiary/aromatic N) is 1. The van der Waals surface area contributed by atoms with Crippen molar-refractivity contribution >= 4 is 5.97 Å². The van der Waals surface area contributed by atoms with Crippen molar-refractivity contribution in [3.05, 3.63) is 29.8 Å². The molecular formula is C13H13F6NO3. The van der Waals surface area contributed by atoms with Gasteiger partial charge in [-0.2, -0.15) is 22.0 Å². The Balaban J connectivity index is 2.72. The monoisotopic (exact) mass is 345 g/mol. The van der Waals surface area contributed by atoms with Crippen molar-refractivity contribution in [2.24, 2.45) is 0 Å². The third-order valence-corrected chi connectivity index (χ3v) is 2.62. The number of carbonyl (C=O) groups is 1. The van der Waals surface area contributed by atoms with Crippen LogP contribution in [0.4, 0.5) is 26.3 Å². The molecular weight excluding hydrogens is 332 g/mol. The van der Waals surface area contributed by atoms with Crippen LogP contribution in [0.2, 0.25) is 0 Å². The number of likely N-dealkylation sites (N-methyl/N-ethyl adjacent to an activating group) is 1. The van der Waals surface area contributed by atoms with Gasteiger partial charge in [-0.3, -0.25) is 9.69 Å². The second kappa shape index (κ2) is 7.07. The highest BCUT2D eigenvalue weighted by atomic mass is 19.4. The fraction of sp³-hybridized carbons (Fsp3) is 0.462. The summed E-state index contributed by atoms with van der Waals surface area (Å²) in [7, 11) is 1.50. The highest BCUT2D eigenvalue weighted by Crippen LogP contribution is 2.36. The second-order valence-corrected chi connectivity index (χ2v) is 4.78. The highest BCUT2D eigenvalue weighted by molar-refractivity contribution is 5.69. The summed E-state index contributed by atoms with van der Waals surface area (Å²) >= 11 is 0. The van der Waals surface area contributed by atoms with Gasteiger partial charge in [0.15, 0.2) is 0 Å². The number of alkyl halides is 6. The summed E-state index contributed by atoms with van der Waals surface area (Å²) < 4.78 is 78.5. The van der Waals surface area contributed by atoms with Crippen LogP contribution in [0.1, 0.15) is 5.56 Å². The summed E-state index contributed by atoms with van der Waals surface area (Å²) in [6, 6.07) is 4.40. The maximum absolute atomic E-state index is 13.1. The van der Waals surface area contributed by atoms with Crippen molar-refractivity contribution in [2.45, 2.75) is 25.0 Å². The number of rotatable bonds is 7. The van der Waals surface area contributed by atoms with Crippen molar-refractivity contribution in [1.82, 2.24) is 4.90 Å². The highest BCUT2D eigenvalue weighted by Gasteiger charge is 2.59. The van der Waals surface area contributed by atoms with Gasteiger partial charge < -0.3 is 9.84 Å². The first kappa shape index (κ1) is 19.1. The fourth-order valence-electron chi connectivity index (χ4n) is 1.66. The molecule has 1 aromatic carbocycles. The van der Waals surface area contributed by atoms with Crippen LogP contribution < -0.4 is 4.74 Å². The van der Waals surface area contributed by atoms with Crippen LogP contribution in [0.25, 0.3) is 0 Å². The van der Waals surface area contributed by atoms with Crippen LogP contribution in [0.3, 0.4) is 0 Å². The molecule has 4 nitrogen and oxygen atoms in total. The molecule has 0 saturated heterocycles. The van der Waals surface area contributed by atoms with E-state index in [1.807, 2.05) is 0 Å². The Kier molecular flexibility index (Phi) is 5.86. The maximum atomic E-state index is 13.1. The van der Waals surface area contributed by atoms with E-state index in [2.05, 4.69) is 4.74 Å². The maximum Gasteiger partial charge on any atom is 0.439 e. The molecule has 1 rings (SSSR count). The topological polar surface area (TPSA) is 49.8 Å². The zero-order chi connectivity index (χ0) is 17.8. The van der Waals surface area contributed by atoms with E-state index in [1.54, 1.807) is 0 Å². The molecule has 0 radical (unpaired) electrons. The van der Waals surface area contributed by atoms with Crippen LogP contribution in [-0.4, -0.2) is 48.0 Å². The molecule has 1 N–H and O–H groups in total. The van der Waals surface area contributed by atoms with Gasteiger partial charge in [0.2, 0.25) is 0 Å². The molecule has 1 atom stereocenters. The van der Waals surface area contributed by atoms with E-state index in [0.29, 0.717) is 5.56 Å². The SMILES string of the molecule is CN(CC(=O)O)Cc1ccc(OC(F)(F)C(F)C(F)(F)F)cc1. The van der Waals surface area contributed by atoms with Crippen LogP contribution in [-0.2, 0) is 11.3 Å². The van der Waals surface area contributed by atoms with E-state index in [9.17, 15) is 31.1 Å². The number of hydrogen-bond acceptors (Lipinski definition) is 3. The van der Waals surface area contributed by atoms with Gasteiger partial charge >= 0.3 is 18.3 Å². The Morgan fingerprint density at radius 3 is 2.17 bits per heavy atom. The summed E-state index contributed by atoms with van der Waals surface area (Å²) in [5, 5.41) is 8.58. The Hall–Kier alpha value is -1.97. The standard InChI is InChI=1S/C13H13F6NO3/c1-20(7-10(21)22)6-8-2-4-9(5-3-8)23-13(18,19)11(14)12(15,16)17/h2-5,11H,6-7H2,1H3,(H,21,22). The molecule has 0 aliphatic rings. The van der Waals surface area contributed by atoms with Crippen LogP contribution in [0.15, 0.2) is 24.3 Å². The lowest BCUT2D eigenvalue weighted by molar-refractivity contribution is -0.304. The number of ether oxygens (including phenoxy) is 1. The summed E-state index contributed by atoms with van der Waals surface area (Å²) in [6.45, 7) is -0.0945. The Bertz CT molecular complexity index is 532. The smallest absolute Gasteiger partial charge is 0.439 e. The molecule has 0 amide bonds. The Morgan fingerprint density at radius 1 is 1.22 bits per heavy atom. The molecule has 0 aliphatic carbocycles. The molecule has 130 valence electrons. The minimum atomic E-state index is -5.75. The molecule has 0 saturated carbocycles. The van der Waals surface area contributed by atoms with Crippen molar-refractivity contribution in [3.63, 3.8) is 0 Å². The van der Waals surface area contributed by atoms with E-state index in [4.69, 9.17) is 5.11 Å². The number of aliphatic carboxylic acids is 1. The van der Waals surface area contributed by atoms with Gasteiger partial charge in [-0.15, -0.1) is 0 Å². The van der Waals surface area contributed by atoms with Crippen LogP contribution >= 0.6 is 0 Å². The number of hydrogen-bond donors (Lipinski definition) is 1. The first-order valence-electron chi connectivity index (χ1n) is 6.18. The largest absolute Gasteiger partial charge is 0.480 e. The molecule has 0 spiro atoms. The van der Waals surface area contributed by atoms with Gasteiger partial charge in [0.25, 0.3) is 6.17 Å². The Morgan fingerprint density at radius 2 is 1.74 bits per heavy atom. The van der Waals surface area contributed by atoms with Crippen molar-refractivity contribution in [1.29, 1.82) is 0 Å². The summed E-state index contributed by atoms with van der Waals surface area (Å²) in [5.74, 6) is -1.71. The fourth-order valence-corrected chi connectivity index (χ4v) is 1.66. The zero-order valence-electron chi connectivity index (χ0n) is 11.8. The number of halogens is 6. The minimum Gasteiger partial charge on any atom is -0.480 e. The molecule has 0 aromatic heterocycles. The molecule has 23 heavy (non-hydrogen) atoms. The predicted molar refractivity (Wildman–Crippen MR) is 66.9 cm³/mol. The third-order valence-electron chi connectivity index (χ3n) is 2.62. The average molecular weight is 345 g/mol. The van der Waals surface area contributed by atoms with Gasteiger partial charge in [0.1, 0.15) is 5.75 Å². The third kappa shape index (κ3) is 5.97. The molecule has 10 heteroatoms. The average Bonchev–Trinajstić information content (AvgIpc) is 2.37. The van der Waals surface area contributed by atoms with Crippen LogP contribution in [0, 0.1) is 0 Å². The van der Waals surface area contributed by atoms with E-state index < -0.39 is 30.2 Å². The lowest BCUT2D eigenvalue weighted by atomic mass is 10.2. The molecule has 1 aromatic rings. The van der Waals surface area contributed by atoms with Gasteiger partial charge in [-0.25, -0.2) is 4.39 Å². The van der Waals surface area contributed by atoms with Gasteiger partial charge in [-0.1, -0.05) is 12.1 Å². The second-order valence-electron chi connectivity index (χ2n) is 4.78. The normalized spacial score (nSPS) is 13.9. The first-order valence-corrected chi connectivity index (χ1v) is 6.18. The van der Waals surface area contributed by atoms with E-state index >= 15 is 0 Å². The zero-order valence-corrected chi connectivity index (χ0v) is 11.8. The molecule has 0 heterocycles. The van der Waals surface area contributed by atoms with Crippen molar-refractivity contribution in [3.8, 4) is 5.75 Å². The predicted octanol–water partition coefficient (Wildman–Crippen LogP) is 3.08. The molecule has 1 unspecified atom stereocenters. The molecule has 0 bridgehead atoms. The number of benzene rings is 1. The van der Waals surface area contributed by atoms with Gasteiger partial charge in [0, 0.05) is 6.54 Å². The molecule has 0 aliphatic heterocycles. The van der Waals surface area contributed by atoms with Gasteiger partial charge in [-0.05, 0) is 24.7 Å².